The quantitative estimate of drug-likeness (QED) is 0.561. The summed E-state index contributed by atoms with van der Waals surface area (Å²) in [4.78, 5) is 24.2. The molecule has 3 aromatic rings. The van der Waals surface area contributed by atoms with Gasteiger partial charge in [0.2, 0.25) is 0 Å². The van der Waals surface area contributed by atoms with Crippen molar-refractivity contribution < 1.29 is 9.72 Å². The molecular formula is C17H15N3O3S. The van der Waals surface area contributed by atoms with E-state index in [1.54, 1.807) is 42.5 Å². The van der Waals surface area contributed by atoms with E-state index >= 15 is 0 Å². The monoisotopic (exact) mass is 341 g/mol. The Morgan fingerprint density at radius 2 is 2.12 bits per heavy atom. The third-order valence-corrected chi connectivity index (χ3v) is 4.49. The van der Waals surface area contributed by atoms with E-state index in [0.29, 0.717) is 23.5 Å². The fraction of sp³-hybridized carbons (Fsp3) is 0.118. The fourth-order valence-corrected chi connectivity index (χ4v) is 3.11. The van der Waals surface area contributed by atoms with Crippen LogP contribution in [0.5, 0.6) is 0 Å². The summed E-state index contributed by atoms with van der Waals surface area (Å²) in [6.07, 6.45) is 1.84. The van der Waals surface area contributed by atoms with Crippen molar-refractivity contribution in [1.29, 1.82) is 0 Å². The minimum atomic E-state index is -0.454. The number of aryl methyl sites for hydroxylation is 1. The Morgan fingerprint density at radius 3 is 2.83 bits per heavy atom. The zero-order valence-electron chi connectivity index (χ0n) is 12.9. The van der Waals surface area contributed by atoms with Gasteiger partial charge in [-0.15, -0.1) is 11.3 Å². The lowest BCUT2D eigenvalue weighted by Gasteiger charge is -2.09. The third kappa shape index (κ3) is 3.36. The second kappa shape index (κ2) is 6.67. The summed E-state index contributed by atoms with van der Waals surface area (Å²) in [6.45, 7) is 2.28. The van der Waals surface area contributed by atoms with Gasteiger partial charge in [0.25, 0.3) is 11.6 Å². The topological polar surface area (TPSA) is 77.2 Å². The molecule has 0 saturated heterocycles. The number of anilines is 1. The molecule has 1 amide bonds. The van der Waals surface area contributed by atoms with E-state index in [4.69, 9.17) is 0 Å². The predicted molar refractivity (Wildman–Crippen MR) is 93.6 cm³/mol. The summed E-state index contributed by atoms with van der Waals surface area (Å²) < 4.78 is 1.85. The highest BCUT2D eigenvalue weighted by molar-refractivity contribution is 7.09. The Labute approximate surface area is 142 Å². The van der Waals surface area contributed by atoms with E-state index in [-0.39, 0.29) is 11.6 Å². The normalized spacial score (nSPS) is 10.5. The van der Waals surface area contributed by atoms with Crippen LogP contribution in [0.2, 0.25) is 0 Å². The van der Waals surface area contributed by atoms with Crippen LogP contribution in [0.3, 0.4) is 0 Å². The number of carbonyl (C=O) groups excluding carboxylic acids is 1. The van der Waals surface area contributed by atoms with Crippen molar-refractivity contribution in [3.8, 4) is 0 Å². The van der Waals surface area contributed by atoms with Crippen LogP contribution in [-0.2, 0) is 6.54 Å². The van der Waals surface area contributed by atoms with Crippen molar-refractivity contribution >= 4 is 28.6 Å². The summed E-state index contributed by atoms with van der Waals surface area (Å²) in [5.74, 6) is -0.297. The minimum Gasteiger partial charge on any atom is -0.338 e. The zero-order chi connectivity index (χ0) is 17.1. The van der Waals surface area contributed by atoms with Crippen molar-refractivity contribution in [1.82, 2.24) is 4.57 Å². The van der Waals surface area contributed by atoms with Crippen LogP contribution in [-0.4, -0.2) is 15.4 Å². The van der Waals surface area contributed by atoms with Gasteiger partial charge in [0, 0.05) is 28.4 Å². The Hall–Kier alpha value is -2.93. The number of nitrogens with one attached hydrogen (secondary N) is 1. The summed E-state index contributed by atoms with van der Waals surface area (Å²) >= 11 is 1.62. The number of nitrogens with zero attached hydrogens (tertiary/aromatic N) is 2. The van der Waals surface area contributed by atoms with Crippen LogP contribution in [0.1, 0.15) is 20.9 Å². The van der Waals surface area contributed by atoms with Gasteiger partial charge in [0.1, 0.15) is 5.69 Å². The molecule has 6 nitrogen and oxygen atoms in total. The van der Waals surface area contributed by atoms with Crippen LogP contribution in [0.25, 0.3) is 0 Å². The predicted octanol–water partition coefficient (Wildman–Crippen LogP) is 4.07. The molecule has 0 spiro atoms. The van der Waals surface area contributed by atoms with E-state index in [2.05, 4.69) is 5.32 Å². The number of hydrogen-bond donors (Lipinski definition) is 1. The first-order valence-corrected chi connectivity index (χ1v) is 8.16. The van der Waals surface area contributed by atoms with E-state index < -0.39 is 4.92 Å². The molecule has 24 heavy (non-hydrogen) atoms. The lowest BCUT2D eigenvalue weighted by atomic mass is 10.2. The molecule has 0 aliphatic heterocycles. The lowest BCUT2D eigenvalue weighted by molar-refractivity contribution is -0.385. The molecule has 3 rings (SSSR count). The second-order valence-electron chi connectivity index (χ2n) is 5.31. The maximum Gasteiger partial charge on any atom is 0.274 e. The number of nitro groups is 1. The Kier molecular flexibility index (Phi) is 4.43. The number of aromatic nitrogens is 1. The van der Waals surface area contributed by atoms with Gasteiger partial charge in [-0.3, -0.25) is 14.9 Å². The van der Waals surface area contributed by atoms with Crippen molar-refractivity contribution in [3.63, 3.8) is 0 Å². The number of benzene rings is 1. The first-order chi connectivity index (χ1) is 11.5. The number of amides is 1. The minimum absolute atomic E-state index is 0.0123. The Bertz CT molecular complexity index is 884. The van der Waals surface area contributed by atoms with E-state index in [9.17, 15) is 14.9 Å². The number of thiophene rings is 1. The number of rotatable bonds is 5. The zero-order valence-corrected chi connectivity index (χ0v) is 13.7. The van der Waals surface area contributed by atoms with Gasteiger partial charge in [0.15, 0.2) is 0 Å². The van der Waals surface area contributed by atoms with E-state index in [0.717, 1.165) is 4.88 Å². The molecule has 1 N–H and O–H groups in total. The van der Waals surface area contributed by atoms with Crippen LogP contribution in [0.15, 0.2) is 54.0 Å². The van der Waals surface area contributed by atoms with Gasteiger partial charge in [0.05, 0.1) is 11.5 Å². The molecule has 0 fully saturated rings. The molecule has 0 atom stereocenters. The molecular weight excluding hydrogens is 326 g/mol. The number of nitro benzene ring substituents is 1. The molecule has 2 aromatic heterocycles. The van der Waals surface area contributed by atoms with Gasteiger partial charge >= 0.3 is 0 Å². The SMILES string of the molecule is Cc1ccc(NC(=O)c2cccn2Cc2cccs2)cc1[N+](=O)[O-]. The molecule has 0 aliphatic carbocycles. The molecule has 0 saturated carbocycles. The fourth-order valence-electron chi connectivity index (χ4n) is 2.41. The number of hydrogen-bond acceptors (Lipinski definition) is 4. The molecule has 0 aliphatic rings. The average molecular weight is 341 g/mol. The highest BCUT2D eigenvalue weighted by atomic mass is 32.1. The van der Waals surface area contributed by atoms with Crippen LogP contribution >= 0.6 is 11.3 Å². The van der Waals surface area contributed by atoms with Crippen molar-refractivity contribution in [3.05, 3.63) is 80.3 Å². The van der Waals surface area contributed by atoms with Crippen molar-refractivity contribution in [2.24, 2.45) is 0 Å². The van der Waals surface area contributed by atoms with Crippen molar-refractivity contribution in [2.75, 3.05) is 5.32 Å². The van der Waals surface area contributed by atoms with E-state index in [1.165, 1.54) is 6.07 Å². The summed E-state index contributed by atoms with van der Waals surface area (Å²) in [5.41, 5.74) is 1.45. The molecule has 0 bridgehead atoms. The summed E-state index contributed by atoms with van der Waals surface area (Å²) in [7, 11) is 0. The highest BCUT2D eigenvalue weighted by Crippen LogP contribution is 2.23. The van der Waals surface area contributed by atoms with Gasteiger partial charge in [-0.05, 0) is 36.6 Å². The smallest absolute Gasteiger partial charge is 0.274 e. The highest BCUT2D eigenvalue weighted by Gasteiger charge is 2.15. The van der Waals surface area contributed by atoms with Crippen LogP contribution in [0.4, 0.5) is 11.4 Å². The van der Waals surface area contributed by atoms with Gasteiger partial charge in [-0.25, -0.2) is 0 Å². The Balaban J connectivity index is 1.80. The summed E-state index contributed by atoms with van der Waals surface area (Å²) in [6, 6.07) is 12.2. The standard InChI is InChI=1S/C17H15N3O3S/c1-12-6-7-13(10-16(12)20(22)23)18-17(21)15-5-2-8-19(15)11-14-4-3-9-24-14/h2-10H,11H2,1H3,(H,18,21). The molecule has 2 heterocycles. The second-order valence-corrected chi connectivity index (χ2v) is 6.35. The molecule has 0 unspecified atom stereocenters. The first-order valence-electron chi connectivity index (χ1n) is 7.28. The molecule has 1 aromatic carbocycles. The van der Waals surface area contributed by atoms with Crippen LogP contribution in [0, 0.1) is 17.0 Å². The molecule has 7 heteroatoms. The van der Waals surface area contributed by atoms with Gasteiger partial charge < -0.3 is 9.88 Å². The van der Waals surface area contributed by atoms with Crippen LogP contribution < -0.4 is 5.32 Å². The Morgan fingerprint density at radius 1 is 1.29 bits per heavy atom. The summed E-state index contributed by atoms with van der Waals surface area (Å²) in [5, 5.41) is 15.7. The van der Waals surface area contributed by atoms with Gasteiger partial charge in [-0.2, -0.15) is 0 Å². The van der Waals surface area contributed by atoms with Crippen molar-refractivity contribution in [2.45, 2.75) is 13.5 Å². The first kappa shape index (κ1) is 15.9. The maximum absolute atomic E-state index is 12.5. The average Bonchev–Trinajstić information content (AvgIpc) is 3.21. The molecule has 122 valence electrons. The molecule has 0 radical (unpaired) electrons. The lowest BCUT2D eigenvalue weighted by Crippen LogP contribution is -2.17. The third-order valence-electron chi connectivity index (χ3n) is 3.63. The van der Waals surface area contributed by atoms with E-state index in [1.807, 2.05) is 28.3 Å². The van der Waals surface area contributed by atoms with Gasteiger partial charge in [-0.1, -0.05) is 12.1 Å². The maximum atomic E-state index is 12.5. The largest absolute Gasteiger partial charge is 0.338 e. The number of carbonyl (C=O) groups is 1.